The van der Waals surface area contributed by atoms with Crippen LogP contribution in [0.15, 0.2) is 24.3 Å². The Labute approximate surface area is 128 Å². The normalized spacial score (nSPS) is 15.2. The zero-order valence-electron chi connectivity index (χ0n) is 12.1. The molecule has 0 saturated carbocycles. The van der Waals surface area contributed by atoms with Crippen LogP contribution in [0.3, 0.4) is 0 Å². The lowest BCUT2D eigenvalue weighted by Crippen LogP contribution is -2.23. The van der Waals surface area contributed by atoms with Crippen LogP contribution < -0.4 is 5.32 Å². The number of aryl methyl sites for hydroxylation is 2. The van der Waals surface area contributed by atoms with Gasteiger partial charge in [-0.2, -0.15) is 0 Å². The van der Waals surface area contributed by atoms with Crippen LogP contribution in [0.1, 0.15) is 46.7 Å². The molecule has 112 valence electrons. The van der Waals surface area contributed by atoms with Crippen molar-refractivity contribution in [3.63, 3.8) is 0 Å². The molecule has 1 aromatic carbocycles. The highest BCUT2D eigenvalue weighted by Crippen LogP contribution is 2.37. The zero-order chi connectivity index (χ0) is 14.8. The Balaban J connectivity index is 1.98. The van der Waals surface area contributed by atoms with Gasteiger partial charge in [-0.05, 0) is 49.9 Å². The maximum atomic E-state index is 14.2. The van der Waals surface area contributed by atoms with Gasteiger partial charge in [0.15, 0.2) is 11.6 Å². The number of rotatable bonds is 5. The van der Waals surface area contributed by atoms with Gasteiger partial charge in [-0.25, -0.2) is 8.78 Å². The molecular formula is C17H19F2NS. The van der Waals surface area contributed by atoms with Gasteiger partial charge < -0.3 is 5.32 Å². The highest BCUT2D eigenvalue weighted by molar-refractivity contribution is 7.12. The van der Waals surface area contributed by atoms with Crippen molar-refractivity contribution in [3.05, 3.63) is 56.8 Å². The van der Waals surface area contributed by atoms with Gasteiger partial charge in [0.1, 0.15) is 0 Å². The lowest BCUT2D eigenvalue weighted by molar-refractivity contribution is 0.481. The van der Waals surface area contributed by atoms with Crippen molar-refractivity contribution in [2.75, 3.05) is 6.54 Å². The third-order valence-electron chi connectivity index (χ3n) is 3.94. The van der Waals surface area contributed by atoms with E-state index in [1.165, 1.54) is 22.9 Å². The standard InChI is InChI=1S/C17H19F2NS/c1-2-9-20-17(12-6-4-7-13(18)16(12)19)15-10-11-5-3-8-14(11)21-15/h4,6-7,10,17,20H,2-3,5,8-9H2,1H3. The van der Waals surface area contributed by atoms with Gasteiger partial charge in [-0.3, -0.25) is 0 Å². The molecule has 3 rings (SSSR count). The summed E-state index contributed by atoms with van der Waals surface area (Å²) >= 11 is 1.74. The minimum Gasteiger partial charge on any atom is -0.306 e. The first-order chi connectivity index (χ1) is 10.2. The van der Waals surface area contributed by atoms with Gasteiger partial charge in [0, 0.05) is 15.3 Å². The van der Waals surface area contributed by atoms with E-state index in [0.717, 1.165) is 30.7 Å². The summed E-state index contributed by atoms with van der Waals surface area (Å²) in [6.45, 7) is 2.85. The van der Waals surface area contributed by atoms with Crippen LogP contribution >= 0.6 is 11.3 Å². The van der Waals surface area contributed by atoms with Crippen LogP contribution in [-0.2, 0) is 12.8 Å². The Morgan fingerprint density at radius 1 is 1.29 bits per heavy atom. The fourth-order valence-electron chi connectivity index (χ4n) is 2.89. The lowest BCUT2D eigenvalue weighted by Gasteiger charge is -2.18. The average molecular weight is 307 g/mol. The van der Waals surface area contributed by atoms with E-state index in [0.29, 0.717) is 5.56 Å². The molecule has 1 aliphatic carbocycles. The summed E-state index contributed by atoms with van der Waals surface area (Å²) in [7, 11) is 0. The third-order valence-corrected chi connectivity index (χ3v) is 5.24. The van der Waals surface area contributed by atoms with Gasteiger partial charge >= 0.3 is 0 Å². The van der Waals surface area contributed by atoms with E-state index in [-0.39, 0.29) is 6.04 Å². The molecule has 0 spiro atoms. The smallest absolute Gasteiger partial charge is 0.163 e. The van der Waals surface area contributed by atoms with Gasteiger partial charge in [0.25, 0.3) is 0 Å². The summed E-state index contributed by atoms with van der Waals surface area (Å²) in [5.41, 5.74) is 1.79. The molecule has 21 heavy (non-hydrogen) atoms. The number of hydrogen-bond acceptors (Lipinski definition) is 2. The molecule has 0 aliphatic heterocycles. The monoisotopic (exact) mass is 307 g/mol. The number of fused-ring (bicyclic) bond motifs is 1. The average Bonchev–Trinajstić information content (AvgIpc) is 3.05. The molecule has 0 bridgehead atoms. The van der Waals surface area contributed by atoms with Gasteiger partial charge in [0.2, 0.25) is 0 Å². The lowest BCUT2D eigenvalue weighted by atomic mass is 10.0. The Bertz CT molecular complexity index is 614. The summed E-state index contributed by atoms with van der Waals surface area (Å²) in [6, 6.07) is 6.34. The second-order valence-electron chi connectivity index (χ2n) is 5.48. The molecule has 0 saturated heterocycles. The van der Waals surface area contributed by atoms with Crippen molar-refractivity contribution in [3.8, 4) is 0 Å². The van der Waals surface area contributed by atoms with Gasteiger partial charge in [0.05, 0.1) is 6.04 Å². The second kappa shape index (κ2) is 6.24. The highest BCUT2D eigenvalue weighted by atomic mass is 32.1. The first kappa shape index (κ1) is 14.7. The summed E-state index contributed by atoms with van der Waals surface area (Å²) in [6.07, 6.45) is 4.39. The van der Waals surface area contributed by atoms with Crippen molar-refractivity contribution < 1.29 is 8.78 Å². The zero-order valence-corrected chi connectivity index (χ0v) is 12.9. The maximum absolute atomic E-state index is 14.2. The summed E-state index contributed by atoms with van der Waals surface area (Å²) < 4.78 is 27.7. The Morgan fingerprint density at radius 2 is 2.14 bits per heavy atom. The van der Waals surface area contributed by atoms with Gasteiger partial charge in [-0.15, -0.1) is 11.3 Å². The number of hydrogen-bond donors (Lipinski definition) is 1. The molecule has 1 unspecified atom stereocenters. The van der Waals surface area contributed by atoms with E-state index in [2.05, 4.69) is 18.3 Å². The van der Waals surface area contributed by atoms with E-state index in [1.54, 1.807) is 23.5 Å². The largest absolute Gasteiger partial charge is 0.306 e. The van der Waals surface area contributed by atoms with Crippen LogP contribution in [0, 0.1) is 11.6 Å². The molecule has 1 aromatic heterocycles. The van der Waals surface area contributed by atoms with Crippen LogP contribution in [0.25, 0.3) is 0 Å². The fraction of sp³-hybridized carbons (Fsp3) is 0.412. The van der Waals surface area contributed by atoms with Crippen molar-refractivity contribution >= 4 is 11.3 Å². The minimum atomic E-state index is -0.778. The van der Waals surface area contributed by atoms with Gasteiger partial charge in [-0.1, -0.05) is 19.1 Å². The molecule has 0 fully saturated rings. The molecule has 0 radical (unpaired) electrons. The topological polar surface area (TPSA) is 12.0 Å². The van der Waals surface area contributed by atoms with E-state index in [4.69, 9.17) is 0 Å². The summed E-state index contributed by atoms with van der Waals surface area (Å²) in [4.78, 5) is 2.50. The van der Waals surface area contributed by atoms with E-state index >= 15 is 0 Å². The Morgan fingerprint density at radius 3 is 2.90 bits per heavy atom. The molecule has 4 heteroatoms. The minimum absolute atomic E-state index is 0.253. The predicted octanol–water partition coefficient (Wildman–Crippen LogP) is 4.60. The summed E-state index contributed by atoms with van der Waals surface area (Å²) in [5.74, 6) is -1.51. The second-order valence-corrected chi connectivity index (χ2v) is 6.65. The highest BCUT2D eigenvalue weighted by Gasteiger charge is 2.24. The number of halogens is 2. The molecule has 2 aromatic rings. The fourth-order valence-corrected chi connectivity index (χ4v) is 4.24. The van der Waals surface area contributed by atoms with E-state index in [1.807, 2.05) is 0 Å². The number of benzene rings is 1. The SMILES string of the molecule is CCCNC(c1cc2c(s1)CCC2)c1cccc(F)c1F. The maximum Gasteiger partial charge on any atom is 0.163 e. The molecule has 0 amide bonds. The Hall–Kier alpha value is -1.26. The number of thiophene rings is 1. The predicted molar refractivity (Wildman–Crippen MR) is 82.8 cm³/mol. The molecule has 1 heterocycles. The van der Waals surface area contributed by atoms with Crippen molar-refractivity contribution in [1.29, 1.82) is 0 Å². The molecule has 1 N–H and O–H groups in total. The Kier molecular flexibility index (Phi) is 4.36. The first-order valence-electron chi connectivity index (χ1n) is 7.49. The van der Waals surface area contributed by atoms with E-state index in [9.17, 15) is 8.78 Å². The molecule has 1 atom stereocenters. The molecule has 1 aliphatic rings. The van der Waals surface area contributed by atoms with Crippen LogP contribution in [0.4, 0.5) is 8.78 Å². The van der Waals surface area contributed by atoms with Crippen LogP contribution in [-0.4, -0.2) is 6.54 Å². The summed E-state index contributed by atoms with van der Waals surface area (Å²) in [5, 5.41) is 3.36. The van der Waals surface area contributed by atoms with Crippen molar-refractivity contribution in [2.45, 2.75) is 38.6 Å². The van der Waals surface area contributed by atoms with Crippen molar-refractivity contribution in [1.82, 2.24) is 5.32 Å². The third kappa shape index (κ3) is 2.87. The molecular weight excluding hydrogens is 288 g/mol. The van der Waals surface area contributed by atoms with Crippen LogP contribution in [0.5, 0.6) is 0 Å². The van der Waals surface area contributed by atoms with Crippen molar-refractivity contribution in [2.24, 2.45) is 0 Å². The number of nitrogens with one attached hydrogen (secondary N) is 1. The van der Waals surface area contributed by atoms with E-state index < -0.39 is 11.6 Å². The first-order valence-corrected chi connectivity index (χ1v) is 8.31. The quantitative estimate of drug-likeness (QED) is 0.851. The molecule has 1 nitrogen and oxygen atoms in total. The van der Waals surface area contributed by atoms with Crippen LogP contribution in [0.2, 0.25) is 0 Å².